The summed E-state index contributed by atoms with van der Waals surface area (Å²) >= 11 is 0. The van der Waals surface area contributed by atoms with Crippen LogP contribution in [0.1, 0.15) is 18.4 Å². The lowest BCUT2D eigenvalue weighted by molar-refractivity contribution is -0.138. The number of nitrogens with one attached hydrogen (secondary N) is 1. The van der Waals surface area contributed by atoms with E-state index in [2.05, 4.69) is 5.32 Å². The fourth-order valence-electron chi connectivity index (χ4n) is 2.97. The number of amides is 2. The zero-order chi connectivity index (χ0) is 19.4. The maximum atomic E-state index is 12.4. The van der Waals surface area contributed by atoms with E-state index >= 15 is 0 Å². The van der Waals surface area contributed by atoms with E-state index in [1.165, 1.54) is 4.90 Å². The third kappa shape index (κ3) is 4.08. The van der Waals surface area contributed by atoms with E-state index in [1.807, 2.05) is 0 Å². The Kier molecular flexibility index (Phi) is 5.40. The second-order valence-electron chi connectivity index (χ2n) is 6.26. The Hall–Kier alpha value is -3.35. The summed E-state index contributed by atoms with van der Waals surface area (Å²) in [6.07, 6.45) is -0.691. The number of ether oxygens (including phenoxy) is 1. The van der Waals surface area contributed by atoms with Crippen molar-refractivity contribution in [3.63, 3.8) is 0 Å². The lowest BCUT2D eigenvalue weighted by atomic mass is 9.99. The first-order chi connectivity index (χ1) is 13.0. The van der Waals surface area contributed by atoms with Gasteiger partial charge >= 0.3 is 5.97 Å². The maximum absolute atomic E-state index is 12.4. The molecule has 0 bridgehead atoms. The van der Waals surface area contributed by atoms with Gasteiger partial charge in [0.25, 0.3) is 5.91 Å². The highest BCUT2D eigenvalue weighted by Gasteiger charge is 2.32. The third-order valence-corrected chi connectivity index (χ3v) is 4.38. The van der Waals surface area contributed by atoms with E-state index in [0.29, 0.717) is 17.0 Å². The van der Waals surface area contributed by atoms with Crippen molar-refractivity contribution in [3.8, 4) is 5.75 Å². The van der Waals surface area contributed by atoms with Gasteiger partial charge < -0.3 is 15.2 Å². The second-order valence-corrected chi connectivity index (χ2v) is 6.26. The molecule has 2 N–H and O–H groups in total. The number of hydrogen-bond acceptors (Lipinski definition) is 4. The SMILES string of the molecule is CC1Oc2ccccc2N(CC(=O)NCC(C(=O)O)c2ccccc2)C1=O. The first kappa shape index (κ1) is 18.4. The normalized spacial score (nSPS) is 16.9. The van der Waals surface area contributed by atoms with E-state index in [1.54, 1.807) is 61.5 Å². The number of carbonyl (C=O) groups excluding carboxylic acids is 2. The minimum atomic E-state index is -1.03. The molecule has 0 aromatic heterocycles. The number of carboxylic acid groups (broad SMARTS) is 1. The molecule has 0 fully saturated rings. The molecule has 1 heterocycles. The van der Waals surface area contributed by atoms with Gasteiger partial charge in [0.1, 0.15) is 12.3 Å². The molecule has 7 nitrogen and oxygen atoms in total. The summed E-state index contributed by atoms with van der Waals surface area (Å²) in [5.41, 5.74) is 1.13. The minimum Gasteiger partial charge on any atom is -0.481 e. The number of carbonyl (C=O) groups is 3. The van der Waals surface area contributed by atoms with Crippen molar-refractivity contribution in [2.75, 3.05) is 18.0 Å². The third-order valence-electron chi connectivity index (χ3n) is 4.38. The largest absolute Gasteiger partial charge is 0.481 e. The average Bonchev–Trinajstić information content (AvgIpc) is 2.66. The van der Waals surface area contributed by atoms with Gasteiger partial charge in [0, 0.05) is 6.54 Å². The number of fused-ring (bicyclic) bond motifs is 1. The van der Waals surface area contributed by atoms with Crippen LogP contribution >= 0.6 is 0 Å². The van der Waals surface area contributed by atoms with Gasteiger partial charge in [0.2, 0.25) is 5.91 Å². The number of rotatable bonds is 6. The highest BCUT2D eigenvalue weighted by molar-refractivity contribution is 6.03. The van der Waals surface area contributed by atoms with Gasteiger partial charge in [-0.15, -0.1) is 0 Å². The average molecular weight is 368 g/mol. The molecule has 2 amide bonds. The smallest absolute Gasteiger partial charge is 0.312 e. The van der Waals surface area contributed by atoms with Crippen molar-refractivity contribution < 1.29 is 24.2 Å². The molecule has 0 saturated heterocycles. The molecule has 0 radical (unpaired) electrons. The lowest BCUT2D eigenvalue weighted by Gasteiger charge is -2.32. The number of para-hydroxylation sites is 2. The van der Waals surface area contributed by atoms with Crippen molar-refractivity contribution in [3.05, 3.63) is 60.2 Å². The van der Waals surface area contributed by atoms with Crippen molar-refractivity contribution in [2.24, 2.45) is 0 Å². The van der Waals surface area contributed by atoms with Crippen molar-refractivity contribution >= 4 is 23.5 Å². The number of hydrogen-bond donors (Lipinski definition) is 2. The zero-order valence-electron chi connectivity index (χ0n) is 14.8. The molecule has 2 aromatic carbocycles. The van der Waals surface area contributed by atoms with E-state index in [9.17, 15) is 19.5 Å². The highest BCUT2D eigenvalue weighted by Crippen LogP contribution is 2.33. The number of benzene rings is 2. The molecule has 7 heteroatoms. The Morgan fingerprint density at radius 2 is 1.81 bits per heavy atom. The van der Waals surface area contributed by atoms with Crippen LogP contribution in [0.3, 0.4) is 0 Å². The zero-order valence-corrected chi connectivity index (χ0v) is 14.8. The quantitative estimate of drug-likeness (QED) is 0.810. The van der Waals surface area contributed by atoms with Crippen molar-refractivity contribution in [1.82, 2.24) is 5.32 Å². The summed E-state index contributed by atoms with van der Waals surface area (Å²) in [5.74, 6) is -2.11. The van der Waals surface area contributed by atoms with Gasteiger partial charge in [-0.2, -0.15) is 0 Å². The Labute approximate surface area is 156 Å². The molecule has 2 unspecified atom stereocenters. The van der Waals surface area contributed by atoms with Gasteiger partial charge in [-0.05, 0) is 24.6 Å². The Bertz CT molecular complexity index is 852. The van der Waals surface area contributed by atoms with Crippen LogP contribution in [-0.2, 0) is 14.4 Å². The minimum absolute atomic E-state index is 0.0616. The molecule has 2 aromatic rings. The molecule has 1 aliphatic rings. The molecule has 1 aliphatic heterocycles. The Morgan fingerprint density at radius 1 is 1.15 bits per heavy atom. The highest BCUT2D eigenvalue weighted by atomic mass is 16.5. The van der Waals surface area contributed by atoms with Crippen LogP contribution in [0.5, 0.6) is 5.75 Å². The summed E-state index contributed by atoms with van der Waals surface area (Å²) < 4.78 is 5.54. The molecule has 0 aliphatic carbocycles. The van der Waals surface area contributed by atoms with E-state index in [-0.39, 0.29) is 19.0 Å². The number of aliphatic carboxylic acids is 1. The first-order valence-electron chi connectivity index (χ1n) is 8.59. The first-order valence-corrected chi connectivity index (χ1v) is 8.59. The van der Waals surface area contributed by atoms with Crippen molar-refractivity contribution in [1.29, 1.82) is 0 Å². The summed E-state index contributed by atoms with van der Waals surface area (Å²) in [7, 11) is 0. The van der Waals surface area contributed by atoms with Crippen LogP contribution in [0.15, 0.2) is 54.6 Å². The van der Waals surface area contributed by atoms with Crippen LogP contribution in [0.2, 0.25) is 0 Å². The van der Waals surface area contributed by atoms with E-state index < -0.39 is 23.9 Å². The van der Waals surface area contributed by atoms with Gasteiger partial charge in [0.05, 0.1) is 11.6 Å². The van der Waals surface area contributed by atoms with E-state index in [4.69, 9.17) is 4.74 Å². The molecule has 3 rings (SSSR count). The maximum Gasteiger partial charge on any atom is 0.312 e. The summed E-state index contributed by atoms with van der Waals surface area (Å²) in [5, 5.41) is 12.1. The van der Waals surface area contributed by atoms with Gasteiger partial charge in [0.15, 0.2) is 6.10 Å². The number of carboxylic acids is 1. The molecule has 27 heavy (non-hydrogen) atoms. The summed E-state index contributed by atoms with van der Waals surface area (Å²) in [6, 6.07) is 15.7. The fraction of sp³-hybridized carbons (Fsp3) is 0.250. The van der Waals surface area contributed by atoms with Gasteiger partial charge in [-0.3, -0.25) is 19.3 Å². The second kappa shape index (κ2) is 7.90. The van der Waals surface area contributed by atoms with Crippen LogP contribution < -0.4 is 15.0 Å². The monoisotopic (exact) mass is 368 g/mol. The Balaban J connectivity index is 1.68. The molecular formula is C20H20N2O5. The van der Waals surface area contributed by atoms with Crippen LogP contribution in [-0.4, -0.2) is 42.1 Å². The van der Waals surface area contributed by atoms with Crippen LogP contribution in [0, 0.1) is 0 Å². The fourth-order valence-corrected chi connectivity index (χ4v) is 2.97. The summed E-state index contributed by atoms with van der Waals surface area (Å²) in [6.45, 7) is 1.36. The molecule has 2 atom stereocenters. The number of anilines is 1. The lowest BCUT2D eigenvalue weighted by Crippen LogP contribution is -2.49. The topological polar surface area (TPSA) is 95.9 Å². The van der Waals surface area contributed by atoms with Crippen LogP contribution in [0.25, 0.3) is 0 Å². The molecule has 140 valence electrons. The Morgan fingerprint density at radius 3 is 2.52 bits per heavy atom. The van der Waals surface area contributed by atoms with Crippen molar-refractivity contribution in [2.45, 2.75) is 18.9 Å². The number of nitrogens with zero attached hydrogens (tertiary/aromatic N) is 1. The predicted octanol–water partition coefficient (Wildman–Crippen LogP) is 1.79. The molecular weight excluding hydrogens is 348 g/mol. The molecule has 0 spiro atoms. The van der Waals surface area contributed by atoms with Gasteiger partial charge in [-0.25, -0.2) is 0 Å². The van der Waals surface area contributed by atoms with Crippen LogP contribution in [0.4, 0.5) is 5.69 Å². The molecule has 0 saturated carbocycles. The van der Waals surface area contributed by atoms with E-state index in [0.717, 1.165) is 0 Å². The standard InChI is InChI=1S/C20H20N2O5/c1-13-19(24)22(16-9-5-6-10-17(16)27-13)12-18(23)21-11-15(20(25)26)14-7-3-2-4-8-14/h2-10,13,15H,11-12H2,1H3,(H,21,23)(H,25,26). The summed E-state index contributed by atoms with van der Waals surface area (Å²) in [4.78, 5) is 37.7. The predicted molar refractivity (Wildman–Crippen MR) is 98.7 cm³/mol. The van der Waals surface area contributed by atoms with Gasteiger partial charge in [-0.1, -0.05) is 42.5 Å².